The van der Waals surface area contributed by atoms with Gasteiger partial charge in [0.1, 0.15) is 0 Å². The molecule has 7 nitrogen and oxygen atoms in total. The van der Waals surface area contributed by atoms with Gasteiger partial charge in [0.05, 0.1) is 13.7 Å². The number of hydrogen-bond donors (Lipinski definition) is 3. The van der Waals surface area contributed by atoms with E-state index in [0.717, 1.165) is 64.2 Å². The third kappa shape index (κ3) is 7.97. The lowest BCUT2D eigenvalue weighted by atomic mass is 9.84. The van der Waals surface area contributed by atoms with Crippen molar-refractivity contribution in [1.82, 2.24) is 10.6 Å². The number of nitrogens with one attached hydrogen (secondary N) is 2. The molecule has 1 rings (SSSR count). The van der Waals surface area contributed by atoms with E-state index in [1.165, 1.54) is 7.11 Å². The highest BCUT2D eigenvalue weighted by molar-refractivity contribution is 5.79. The number of rotatable bonds is 11. The minimum atomic E-state index is -0.134. The monoisotopic (exact) mass is 343 g/mol. The van der Waals surface area contributed by atoms with Crippen molar-refractivity contribution in [2.45, 2.75) is 44.9 Å². The van der Waals surface area contributed by atoms with E-state index in [-0.39, 0.29) is 18.0 Å². The first-order chi connectivity index (χ1) is 11.7. The third-order valence-electron chi connectivity index (χ3n) is 4.51. The second-order valence-electron chi connectivity index (χ2n) is 6.37. The van der Waals surface area contributed by atoms with Crippen LogP contribution in [0.25, 0.3) is 0 Å². The third-order valence-corrected chi connectivity index (χ3v) is 4.51. The van der Waals surface area contributed by atoms with Crippen LogP contribution in [-0.4, -0.2) is 64.1 Å². The van der Waals surface area contributed by atoms with Crippen molar-refractivity contribution in [3.05, 3.63) is 0 Å². The molecule has 1 heterocycles. The second-order valence-corrected chi connectivity index (χ2v) is 6.37. The van der Waals surface area contributed by atoms with Crippen molar-refractivity contribution >= 4 is 11.9 Å². The summed E-state index contributed by atoms with van der Waals surface area (Å²) in [5.74, 6) is 0.652. The molecule has 1 aliphatic rings. The lowest BCUT2D eigenvalue weighted by Crippen LogP contribution is -2.44. The molecular weight excluding hydrogens is 310 g/mol. The zero-order valence-corrected chi connectivity index (χ0v) is 15.1. The zero-order chi connectivity index (χ0) is 17.7. The Hall–Kier alpha value is -1.34. The minimum Gasteiger partial charge on any atom is -0.469 e. The second kappa shape index (κ2) is 12.1. The number of carbonyl (C=O) groups is 1. The average Bonchev–Trinajstić information content (AvgIpc) is 3.05. The molecule has 0 amide bonds. The molecule has 1 saturated heterocycles. The molecule has 0 spiro atoms. The molecule has 0 bridgehead atoms. The Bertz CT molecular complexity index is 382. The van der Waals surface area contributed by atoms with Gasteiger partial charge in [-0.15, -0.1) is 0 Å². The van der Waals surface area contributed by atoms with Crippen LogP contribution in [0.4, 0.5) is 0 Å². The van der Waals surface area contributed by atoms with Crippen molar-refractivity contribution < 1.29 is 19.4 Å². The van der Waals surface area contributed by atoms with Crippen LogP contribution >= 0.6 is 0 Å². The number of methoxy groups -OCH3 is 1. The molecule has 0 aromatic carbocycles. The van der Waals surface area contributed by atoms with Crippen LogP contribution in [0.2, 0.25) is 0 Å². The van der Waals surface area contributed by atoms with Gasteiger partial charge in [-0.2, -0.15) is 0 Å². The maximum atomic E-state index is 11.0. The van der Waals surface area contributed by atoms with E-state index in [1.54, 1.807) is 7.05 Å². The summed E-state index contributed by atoms with van der Waals surface area (Å²) in [7, 11) is 3.18. The van der Waals surface area contributed by atoms with Gasteiger partial charge in [0.2, 0.25) is 0 Å². The maximum Gasteiger partial charge on any atom is 0.305 e. The fraction of sp³-hybridized carbons (Fsp3) is 0.882. The molecule has 1 unspecified atom stereocenters. The van der Waals surface area contributed by atoms with Crippen molar-refractivity contribution in [2.24, 2.45) is 10.4 Å². The summed E-state index contributed by atoms with van der Waals surface area (Å²) >= 11 is 0. The predicted molar refractivity (Wildman–Crippen MR) is 94.0 cm³/mol. The number of nitrogens with zero attached hydrogens (tertiary/aromatic N) is 1. The van der Waals surface area contributed by atoms with Crippen molar-refractivity contribution in [3.63, 3.8) is 0 Å². The SMILES string of the molecule is CN=C(NCCCCCCC(=O)OC)NCC1(CCO)CCOC1. The molecule has 0 aliphatic carbocycles. The normalized spacial score (nSPS) is 20.9. The number of ether oxygens (including phenoxy) is 2. The van der Waals surface area contributed by atoms with Gasteiger partial charge in [0.25, 0.3) is 0 Å². The van der Waals surface area contributed by atoms with Crippen LogP contribution in [-0.2, 0) is 14.3 Å². The standard InChI is InChI=1S/C17H33N3O4/c1-18-16(19-10-6-4-3-5-7-15(22)23-2)20-13-17(8-11-21)9-12-24-14-17/h21H,3-14H2,1-2H3,(H2,18,19,20). The van der Waals surface area contributed by atoms with E-state index in [9.17, 15) is 9.90 Å². The predicted octanol–water partition coefficient (Wildman–Crippen LogP) is 1.06. The highest BCUT2D eigenvalue weighted by atomic mass is 16.5. The van der Waals surface area contributed by atoms with Gasteiger partial charge in [0.15, 0.2) is 5.96 Å². The van der Waals surface area contributed by atoms with E-state index in [4.69, 9.17) is 4.74 Å². The zero-order valence-electron chi connectivity index (χ0n) is 15.1. The first-order valence-electron chi connectivity index (χ1n) is 8.86. The number of hydrogen-bond acceptors (Lipinski definition) is 5. The first kappa shape index (κ1) is 20.7. The van der Waals surface area contributed by atoms with Crippen LogP contribution in [0.15, 0.2) is 4.99 Å². The van der Waals surface area contributed by atoms with Gasteiger partial charge in [-0.1, -0.05) is 12.8 Å². The summed E-state index contributed by atoms with van der Waals surface area (Å²) in [6, 6.07) is 0. The Morgan fingerprint density at radius 1 is 1.29 bits per heavy atom. The molecule has 0 aromatic rings. The molecule has 1 aliphatic heterocycles. The Labute approximate surface area is 145 Å². The van der Waals surface area contributed by atoms with Crippen molar-refractivity contribution in [2.75, 3.05) is 47.1 Å². The number of carbonyl (C=O) groups excluding carboxylic acids is 1. The van der Waals surface area contributed by atoms with Gasteiger partial charge in [-0.05, 0) is 25.7 Å². The Balaban J connectivity index is 2.13. The fourth-order valence-electron chi connectivity index (χ4n) is 2.86. The Morgan fingerprint density at radius 2 is 2.08 bits per heavy atom. The lowest BCUT2D eigenvalue weighted by molar-refractivity contribution is -0.140. The van der Waals surface area contributed by atoms with E-state index in [1.807, 2.05) is 0 Å². The molecule has 1 atom stereocenters. The van der Waals surface area contributed by atoms with Crippen LogP contribution < -0.4 is 10.6 Å². The van der Waals surface area contributed by atoms with E-state index >= 15 is 0 Å². The highest BCUT2D eigenvalue weighted by Crippen LogP contribution is 2.31. The first-order valence-corrected chi connectivity index (χ1v) is 8.86. The highest BCUT2D eigenvalue weighted by Gasteiger charge is 2.34. The van der Waals surface area contributed by atoms with Crippen LogP contribution in [0, 0.1) is 5.41 Å². The molecular formula is C17H33N3O4. The summed E-state index contributed by atoms with van der Waals surface area (Å²) in [6.07, 6.45) is 6.23. The molecule has 24 heavy (non-hydrogen) atoms. The largest absolute Gasteiger partial charge is 0.469 e. The van der Waals surface area contributed by atoms with Crippen molar-refractivity contribution in [3.8, 4) is 0 Å². The van der Waals surface area contributed by atoms with E-state index < -0.39 is 0 Å². The van der Waals surface area contributed by atoms with E-state index in [2.05, 4.69) is 20.4 Å². The number of aliphatic hydroxyl groups is 1. The number of aliphatic hydroxyl groups excluding tert-OH is 1. The molecule has 140 valence electrons. The number of esters is 1. The number of aliphatic imine (C=N–C) groups is 1. The van der Waals surface area contributed by atoms with Gasteiger partial charge < -0.3 is 25.2 Å². The molecule has 1 fully saturated rings. The fourth-order valence-corrected chi connectivity index (χ4v) is 2.86. The quantitative estimate of drug-likeness (QED) is 0.225. The summed E-state index contributed by atoms with van der Waals surface area (Å²) in [6.45, 7) is 3.24. The molecule has 7 heteroatoms. The summed E-state index contributed by atoms with van der Waals surface area (Å²) < 4.78 is 10.1. The molecule has 0 aromatic heterocycles. The number of guanidine groups is 1. The van der Waals surface area contributed by atoms with Gasteiger partial charge in [-0.3, -0.25) is 9.79 Å². The minimum absolute atomic E-state index is 0.0141. The van der Waals surface area contributed by atoms with Crippen LogP contribution in [0.1, 0.15) is 44.9 Å². The maximum absolute atomic E-state index is 11.0. The smallest absolute Gasteiger partial charge is 0.305 e. The van der Waals surface area contributed by atoms with Crippen molar-refractivity contribution in [1.29, 1.82) is 0 Å². The number of unbranched alkanes of at least 4 members (excludes halogenated alkanes) is 3. The Morgan fingerprint density at radius 3 is 2.71 bits per heavy atom. The topological polar surface area (TPSA) is 92.2 Å². The molecule has 0 saturated carbocycles. The summed E-state index contributed by atoms with van der Waals surface area (Å²) in [5.41, 5.74) is 0.0141. The molecule has 3 N–H and O–H groups in total. The van der Waals surface area contributed by atoms with Gasteiger partial charge >= 0.3 is 5.97 Å². The Kier molecular flexibility index (Phi) is 10.4. The summed E-state index contributed by atoms with van der Waals surface area (Å²) in [5, 5.41) is 15.9. The van der Waals surface area contributed by atoms with E-state index in [0.29, 0.717) is 13.0 Å². The van der Waals surface area contributed by atoms with Gasteiger partial charge in [0, 0.05) is 45.2 Å². The van der Waals surface area contributed by atoms with Gasteiger partial charge in [-0.25, -0.2) is 0 Å². The van der Waals surface area contributed by atoms with Crippen LogP contribution in [0.5, 0.6) is 0 Å². The molecule has 0 radical (unpaired) electrons. The lowest BCUT2D eigenvalue weighted by Gasteiger charge is -2.27. The van der Waals surface area contributed by atoms with Crippen LogP contribution in [0.3, 0.4) is 0 Å². The average molecular weight is 343 g/mol. The summed E-state index contributed by atoms with van der Waals surface area (Å²) in [4.78, 5) is 15.2.